The molecule has 0 amide bonds. The summed E-state index contributed by atoms with van der Waals surface area (Å²) in [5.41, 5.74) is 5.73. The van der Waals surface area contributed by atoms with E-state index in [0.29, 0.717) is 23.2 Å². The van der Waals surface area contributed by atoms with Crippen LogP contribution < -0.4 is 5.32 Å². The van der Waals surface area contributed by atoms with Gasteiger partial charge in [-0.15, -0.1) is 0 Å². The first kappa shape index (κ1) is 26.8. The van der Waals surface area contributed by atoms with Crippen molar-refractivity contribution >= 4 is 11.6 Å². The molecule has 0 aliphatic carbocycles. The highest BCUT2D eigenvalue weighted by Gasteiger charge is 2.28. The molecule has 1 aliphatic rings. The highest BCUT2D eigenvalue weighted by Crippen LogP contribution is 2.32. The number of hydrogen-bond acceptors (Lipinski definition) is 7. The highest BCUT2D eigenvalue weighted by molar-refractivity contribution is 5.68. The number of fused-ring (bicyclic) bond motifs is 1. The fourth-order valence-electron chi connectivity index (χ4n) is 5.55. The van der Waals surface area contributed by atoms with Gasteiger partial charge in [0.1, 0.15) is 17.4 Å². The molecule has 0 radical (unpaired) electrons. The number of pyridine rings is 1. The van der Waals surface area contributed by atoms with Gasteiger partial charge in [0.15, 0.2) is 0 Å². The number of aliphatic hydroxyl groups excluding tert-OH is 1. The van der Waals surface area contributed by atoms with E-state index in [1.165, 1.54) is 0 Å². The number of nitrogens with one attached hydrogen (secondary N) is 1. The molecule has 8 nitrogen and oxygen atoms in total. The zero-order valence-corrected chi connectivity index (χ0v) is 23.2. The minimum atomic E-state index is -0.466. The minimum absolute atomic E-state index is 0.0722. The number of imidazole rings is 1. The van der Waals surface area contributed by atoms with Crippen molar-refractivity contribution in [3.8, 4) is 17.5 Å². The maximum absolute atomic E-state index is 11.1. The van der Waals surface area contributed by atoms with E-state index in [0.717, 1.165) is 60.4 Å². The molecular weight excluding hydrogens is 486 g/mol. The summed E-state index contributed by atoms with van der Waals surface area (Å²) in [5, 5.41) is 24.2. The van der Waals surface area contributed by atoms with Gasteiger partial charge in [-0.3, -0.25) is 4.40 Å². The predicted molar refractivity (Wildman–Crippen MR) is 153 cm³/mol. The van der Waals surface area contributed by atoms with E-state index in [1.54, 1.807) is 12.4 Å². The Morgan fingerprint density at radius 1 is 1.10 bits per heavy atom. The Labute approximate surface area is 230 Å². The van der Waals surface area contributed by atoms with Crippen molar-refractivity contribution in [3.63, 3.8) is 0 Å². The van der Waals surface area contributed by atoms with Crippen LogP contribution in [0.25, 0.3) is 17.0 Å². The number of piperidine rings is 1. The zero-order valence-electron chi connectivity index (χ0n) is 23.2. The number of anilines is 1. The van der Waals surface area contributed by atoms with Gasteiger partial charge in [0.25, 0.3) is 0 Å². The SMILES string of the molecule is CCc1cccn2c(-c3nc(N[C@@H](C)c4ccc(C(O)C5CCCN(C(C)C)C5)cc4)ncc3C#N)cnc12. The summed E-state index contributed by atoms with van der Waals surface area (Å²) in [6.07, 6.45) is 7.85. The molecule has 1 aromatic carbocycles. The first-order valence-corrected chi connectivity index (χ1v) is 13.9. The van der Waals surface area contributed by atoms with E-state index < -0.39 is 6.10 Å². The van der Waals surface area contributed by atoms with E-state index in [2.05, 4.69) is 72.1 Å². The van der Waals surface area contributed by atoms with Crippen molar-refractivity contribution in [2.24, 2.45) is 5.92 Å². The number of benzene rings is 1. The van der Waals surface area contributed by atoms with E-state index in [4.69, 9.17) is 4.98 Å². The monoisotopic (exact) mass is 523 g/mol. The fourth-order valence-corrected chi connectivity index (χ4v) is 5.55. The number of aryl methyl sites for hydroxylation is 1. The molecular formula is C31H37N7O. The molecule has 8 heteroatoms. The smallest absolute Gasteiger partial charge is 0.223 e. The molecule has 3 aromatic heterocycles. The van der Waals surface area contributed by atoms with Gasteiger partial charge in [-0.1, -0.05) is 37.3 Å². The number of likely N-dealkylation sites (tertiary alicyclic amines) is 1. The number of hydrogen-bond donors (Lipinski definition) is 2. The quantitative estimate of drug-likeness (QED) is 0.312. The zero-order chi connectivity index (χ0) is 27.5. The van der Waals surface area contributed by atoms with Crippen LogP contribution >= 0.6 is 0 Å². The number of nitriles is 1. The van der Waals surface area contributed by atoms with Gasteiger partial charge in [0.2, 0.25) is 5.95 Å². The average Bonchev–Trinajstić information content (AvgIpc) is 3.41. The Morgan fingerprint density at radius 2 is 1.87 bits per heavy atom. The minimum Gasteiger partial charge on any atom is -0.388 e. The number of rotatable bonds is 8. The second-order valence-corrected chi connectivity index (χ2v) is 10.8. The van der Waals surface area contributed by atoms with Gasteiger partial charge in [0, 0.05) is 24.7 Å². The third-order valence-electron chi connectivity index (χ3n) is 7.94. The van der Waals surface area contributed by atoms with Crippen LogP contribution in [0.5, 0.6) is 0 Å². The summed E-state index contributed by atoms with van der Waals surface area (Å²) < 4.78 is 1.98. The summed E-state index contributed by atoms with van der Waals surface area (Å²) in [7, 11) is 0. The van der Waals surface area contributed by atoms with Gasteiger partial charge in [-0.25, -0.2) is 15.0 Å². The maximum atomic E-state index is 11.1. The van der Waals surface area contributed by atoms with Crippen LogP contribution in [0.3, 0.4) is 0 Å². The Hall–Kier alpha value is -3.80. The largest absolute Gasteiger partial charge is 0.388 e. The summed E-state index contributed by atoms with van der Waals surface area (Å²) in [4.78, 5) is 16.2. The van der Waals surface area contributed by atoms with E-state index in [-0.39, 0.29) is 12.0 Å². The standard InChI is InChI=1S/C31H37N7O/c1-5-22-8-7-15-38-27(18-33-30(22)38)28-26(16-32)17-34-31(36-28)35-21(4)23-10-12-24(13-11-23)29(39)25-9-6-14-37(19-25)20(2)3/h7-8,10-13,15,17-18,20-21,25,29,39H,5-6,9,14,19H2,1-4H3,(H,34,35,36)/t21-,25?,29?/m0/s1. The Kier molecular flexibility index (Phi) is 7.92. The Morgan fingerprint density at radius 3 is 2.59 bits per heavy atom. The summed E-state index contributed by atoms with van der Waals surface area (Å²) >= 11 is 0. The normalized spacial score (nSPS) is 17.7. The molecule has 5 rings (SSSR count). The molecule has 0 spiro atoms. The van der Waals surface area contributed by atoms with Crippen molar-refractivity contribution in [2.75, 3.05) is 18.4 Å². The van der Waals surface area contributed by atoms with Crippen LogP contribution in [0, 0.1) is 17.2 Å². The summed E-state index contributed by atoms with van der Waals surface area (Å²) in [6, 6.07) is 14.9. The number of aromatic nitrogens is 4. The Bertz CT molecular complexity index is 1470. The molecule has 39 heavy (non-hydrogen) atoms. The molecule has 3 atom stereocenters. The van der Waals surface area contributed by atoms with Crippen LogP contribution in [0.4, 0.5) is 5.95 Å². The lowest BCUT2D eigenvalue weighted by molar-refractivity contribution is 0.0394. The number of aliphatic hydroxyl groups is 1. The number of nitrogens with zero attached hydrogens (tertiary/aromatic N) is 6. The molecule has 1 aliphatic heterocycles. The van der Waals surface area contributed by atoms with E-state index in [9.17, 15) is 10.4 Å². The average molecular weight is 524 g/mol. The third-order valence-corrected chi connectivity index (χ3v) is 7.94. The van der Waals surface area contributed by atoms with E-state index in [1.807, 2.05) is 28.8 Å². The first-order valence-electron chi connectivity index (χ1n) is 13.9. The lowest BCUT2D eigenvalue weighted by atomic mass is 9.87. The van der Waals surface area contributed by atoms with Gasteiger partial charge >= 0.3 is 0 Å². The van der Waals surface area contributed by atoms with Gasteiger partial charge in [-0.2, -0.15) is 5.26 Å². The lowest BCUT2D eigenvalue weighted by Crippen LogP contribution is -2.41. The molecule has 1 fully saturated rings. The van der Waals surface area contributed by atoms with Crippen LogP contribution in [0.15, 0.2) is 55.0 Å². The molecule has 4 heterocycles. The molecule has 202 valence electrons. The predicted octanol–water partition coefficient (Wildman–Crippen LogP) is 5.55. The van der Waals surface area contributed by atoms with Crippen molar-refractivity contribution in [2.45, 2.75) is 65.1 Å². The van der Waals surface area contributed by atoms with Gasteiger partial charge in [0.05, 0.1) is 35.8 Å². The second-order valence-electron chi connectivity index (χ2n) is 10.8. The molecule has 1 saturated heterocycles. The van der Waals surface area contributed by atoms with E-state index >= 15 is 0 Å². The molecule has 0 saturated carbocycles. The lowest BCUT2D eigenvalue weighted by Gasteiger charge is -2.37. The summed E-state index contributed by atoms with van der Waals surface area (Å²) in [5.74, 6) is 0.694. The van der Waals surface area contributed by atoms with Crippen molar-refractivity contribution < 1.29 is 5.11 Å². The molecule has 2 N–H and O–H groups in total. The summed E-state index contributed by atoms with van der Waals surface area (Å²) in [6.45, 7) is 10.6. The van der Waals surface area contributed by atoms with Crippen LogP contribution in [0.1, 0.15) is 74.9 Å². The van der Waals surface area contributed by atoms with Crippen LogP contribution in [-0.4, -0.2) is 48.5 Å². The molecule has 4 aromatic rings. The van der Waals surface area contributed by atoms with Crippen LogP contribution in [-0.2, 0) is 6.42 Å². The van der Waals surface area contributed by atoms with Gasteiger partial charge in [-0.05, 0) is 69.3 Å². The van der Waals surface area contributed by atoms with Crippen molar-refractivity contribution in [3.05, 3.63) is 77.2 Å². The topological polar surface area (TPSA) is 102 Å². The van der Waals surface area contributed by atoms with Gasteiger partial charge < -0.3 is 15.3 Å². The van der Waals surface area contributed by atoms with Crippen molar-refractivity contribution in [1.29, 1.82) is 5.26 Å². The third kappa shape index (κ3) is 5.51. The molecule has 0 bridgehead atoms. The molecule has 2 unspecified atom stereocenters. The van der Waals surface area contributed by atoms with Crippen LogP contribution in [0.2, 0.25) is 0 Å². The Balaban J connectivity index is 1.33. The maximum Gasteiger partial charge on any atom is 0.223 e. The second kappa shape index (κ2) is 11.5. The highest BCUT2D eigenvalue weighted by atomic mass is 16.3. The van der Waals surface area contributed by atoms with Crippen molar-refractivity contribution in [1.82, 2.24) is 24.3 Å². The fraction of sp³-hybridized carbons (Fsp3) is 0.419. The first-order chi connectivity index (χ1) is 18.9.